The molecule has 3 rings (SSSR count). The Balaban J connectivity index is -0.000000354. The molecule has 352 valence electrons. The molecule has 0 saturated heterocycles. The minimum Gasteiger partial charge on any atom is -0.478 e. The highest BCUT2D eigenvalue weighted by Gasteiger charge is 2.12. The van der Waals surface area contributed by atoms with Crippen LogP contribution in [0.2, 0.25) is 0 Å². The molecule has 0 heterocycles. The number of carboxylic acid groups (broad SMARTS) is 3. The first-order valence-corrected chi connectivity index (χ1v) is 19.2. The van der Waals surface area contributed by atoms with Crippen LogP contribution in [0.1, 0.15) is 51.7 Å². The zero-order chi connectivity index (χ0) is 50.4. The van der Waals surface area contributed by atoms with E-state index in [0.29, 0.717) is 31.1 Å². The van der Waals surface area contributed by atoms with Gasteiger partial charge in [-0.25, -0.2) is 33.6 Å². The summed E-state index contributed by atoms with van der Waals surface area (Å²) in [5, 5.41) is 22.8. The number of carbonyl (C=O) groups is 8. The standard InChI is InChI=1S/C13H16O2.C12H14O2.C11H10O4.C4H8O2.3C3H4O2/c1-11(2)13(14)15-10-6-9-12-7-4-3-5-8-12;1-2-12(13)14-10-6-9-11-7-4-3-5-8-11;1-8(2)10(12)15-11(13)14-9-6-4-3-5-7-9;1-3-6-4(2)5;3*1-2-3(4)5/h3-5,7-8H,1,6,9-10H2,2H3;2-5,7-8H,1,6,9-10H2;3-7H,1H2,2H3;3H2,1-2H3;3*2H,1H2,(H,4,5). The summed E-state index contributed by atoms with van der Waals surface area (Å²) in [6.45, 7) is 26.7. The van der Waals surface area contributed by atoms with Gasteiger partial charge in [-0.2, -0.15) is 0 Å². The molecule has 0 amide bonds. The first-order chi connectivity index (χ1) is 30.7. The molecular formula is C49H60O16. The minimum atomic E-state index is -1.06. The number of hydrogen-bond donors (Lipinski definition) is 3. The third kappa shape index (κ3) is 50.1. The molecule has 65 heavy (non-hydrogen) atoms. The van der Waals surface area contributed by atoms with E-state index >= 15 is 0 Å². The normalized spacial score (nSPS) is 8.55. The summed E-state index contributed by atoms with van der Waals surface area (Å²) >= 11 is 0. The largest absolute Gasteiger partial charge is 0.521 e. The van der Waals surface area contributed by atoms with Crippen LogP contribution in [0.4, 0.5) is 4.79 Å². The minimum absolute atomic E-state index is 0.139. The van der Waals surface area contributed by atoms with Gasteiger partial charge in [-0.05, 0) is 69.7 Å². The molecule has 0 saturated carbocycles. The molecule has 16 heteroatoms. The second-order valence-electron chi connectivity index (χ2n) is 11.9. The van der Waals surface area contributed by atoms with Crippen LogP contribution in [0.3, 0.4) is 0 Å². The van der Waals surface area contributed by atoms with E-state index in [1.54, 1.807) is 44.2 Å². The molecule has 3 aromatic carbocycles. The maximum atomic E-state index is 11.0. The van der Waals surface area contributed by atoms with Crippen molar-refractivity contribution in [2.75, 3.05) is 19.8 Å². The lowest BCUT2D eigenvalue weighted by Gasteiger charge is -2.04. The van der Waals surface area contributed by atoms with Crippen molar-refractivity contribution in [1.29, 1.82) is 0 Å². The second-order valence-corrected chi connectivity index (χ2v) is 11.9. The van der Waals surface area contributed by atoms with Gasteiger partial charge in [0.25, 0.3) is 0 Å². The van der Waals surface area contributed by atoms with E-state index in [2.05, 4.69) is 73.2 Å². The Kier molecular flexibility index (Phi) is 42.9. The van der Waals surface area contributed by atoms with Gasteiger partial charge in [-0.1, -0.05) is 118 Å². The van der Waals surface area contributed by atoms with E-state index in [0.717, 1.165) is 43.9 Å². The van der Waals surface area contributed by atoms with Crippen molar-refractivity contribution in [3.05, 3.63) is 177 Å². The number of carboxylic acids is 3. The number of para-hydroxylation sites is 1. The number of aryl methyl sites for hydroxylation is 2. The summed E-state index contributed by atoms with van der Waals surface area (Å²) in [6.07, 6.45) is 6.19. The zero-order valence-electron chi connectivity index (χ0n) is 37.3. The molecular weight excluding hydrogens is 845 g/mol. The van der Waals surface area contributed by atoms with E-state index in [1.807, 2.05) is 36.4 Å². The highest BCUT2D eigenvalue weighted by molar-refractivity contribution is 5.93. The van der Waals surface area contributed by atoms with E-state index in [-0.39, 0.29) is 23.5 Å². The Morgan fingerprint density at radius 2 is 0.877 bits per heavy atom. The number of benzene rings is 3. The first-order valence-electron chi connectivity index (χ1n) is 19.2. The van der Waals surface area contributed by atoms with Crippen LogP contribution in [0.5, 0.6) is 5.75 Å². The molecule has 16 nitrogen and oxygen atoms in total. The molecule has 0 aliphatic rings. The lowest BCUT2D eigenvalue weighted by atomic mass is 10.1. The molecule has 0 atom stereocenters. The average molecular weight is 905 g/mol. The first kappa shape index (κ1) is 63.5. The number of ether oxygens (including phenoxy) is 5. The topological polar surface area (TPSA) is 243 Å². The Morgan fingerprint density at radius 3 is 1.17 bits per heavy atom. The van der Waals surface area contributed by atoms with Gasteiger partial charge in [-0.15, -0.1) is 0 Å². The van der Waals surface area contributed by atoms with Gasteiger partial charge >= 0.3 is 47.9 Å². The van der Waals surface area contributed by atoms with Gasteiger partial charge in [0.15, 0.2) is 0 Å². The molecule has 3 aromatic rings. The zero-order valence-corrected chi connectivity index (χ0v) is 37.3. The Hall–Kier alpha value is -8.14. The number of esters is 4. The van der Waals surface area contributed by atoms with Gasteiger partial charge in [0.1, 0.15) is 5.75 Å². The summed E-state index contributed by atoms with van der Waals surface area (Å²) in [6, 6.07) is 28.6. The SMILES string of the molecule is C=C(C)C(=O)OC(=O)Oc1ccccc1.C=C(C)C(=O)OCCCc1ccccc1.C=CC(=O)O.C=CC(=O)O.C=CC(=O)O.C=CC(=O)OCCCc1ccccc1.CCOC(C)=O. The van der Waals surface area contributed by atoms with E-state index in [1.165, 1.54) is 31.1 Å². The molecule has 0 bridgehead atoms. The quantitative estimate of drug-likeness (QED) is 0.0304. The summed E-state index contributed by atoms with van der Waals surface area (Å²) in [4.78, 5) is 81.2. The monoisotopic (exact) mass is 904 g/mol. The van der Waals surface area contributed by atoms with Crippen molar-refractivity contribution in [3.8, 4) is 5.75 Å². The van der Waals surface area contributed by atoms with Gasteiger partial charge in [-0.3, -0.25) is 4.79 Å². The molecule has 0 radical (unpaired) electrons. The number of hydrogen-bond acceptors (Lipinski definition) is 13. The van der Waals surface area contributed by atoms with Crippen LogP contribution in [0.15, 0.2) is 166 Å². The summed E-state index contributed by atoms with van der Waals surface area (Å²) in [5.41, 5.74) is 3.13. The maximum Gasteiger partial charge on any atom is 0.521 e. The van der Waals surface area contributed by atoms with Gasteiger partial charge < -0.3 is 39.0 Å². The van der Waals surface area contributed by atoms with Crippen LogP contribution >= 0.6 is 0 Å². The van der Waals surface area contributed by atoms with Crippen molar-refractivity contribution in [1.82, 2.24) is 0 Å². The highest BCUT2D eigenvalue weighted by atomic mass is 16.7. The van der Waals surface area contributed by atoms with Crippen molar-refractivity contribution >= 4 is 47.9 Å². The molecule has 0 aliphatic carbocycles. The number of rotatable bonds is 16. The van der Waals surface area contributed by atoms with Gasteiger partial charge in [0, 0.05) is 42.4 Å². The molecule has 0 aliphatic heterocycles. The van der Waals surface area contributed by atoms with E-state index in [9.17, 15) is 38.4 Å². The lowest BCUT2D eigenvalue weighted by molar-refractivity contribution is -0.141. The van der Waals surface area contributed by atoms with Crippen LogP contribution in [-0.2, 0) is 65.4 Å². The van der Waals surface area contributed by atoms with Crippen molar-refractivity contribution < 1.29 is 77.4 Å². The van der Waals surface area contributed by atoms with E-state index in [4.69, 9.17) is 29.5 Å². The predicted octanol–water partition coefficient (Wildman–Crippen LogP) is 8.73. The Morgan fingerprint density at radius 1 is 0.523 bits per heavy atom. The van der Waals surface area contributed by atoms with Crippen molar-refractivity contribution in [2.45, 2.75) is 53.4 Å². The van der Waals surface area contributed by atoms with Gasteiger partial charge in [0.2, 0.25) is 0 Å². The summed E-state index contributed by atoms with van der Waals surface area (Å²) in [5.74, 6) is -4.29. The van der Waals surface area contributed by atoms with Crippen LogP contribution in [0.25, 0.3) is 0 Å². The fraction of sp³-hybridized carbons (Fsp3) is 0.224. The Bertz CT molecular complexity index is 1880. The van der Waals surface area contributed by atoms with Crippen molar-refractivity contribution in [2.24, 2.45) is 0 Å². The Labute approximate surface area is 380 Å². The molecule has 0 unspecified atom stereocenters. The van der Waals surface area contributed by atoms with Crippen LogP contribution < -0.4 is 4.74 Å². The predicted molar refractivity (Wildman–Crippen MR) is 246 cm³/mol. The maximum absolute atomic E-state index is 11.0. The molecule has 0 aromatic heterocycles. The molecule has 3 N–H and O–H groups in total. The van der Waals surface area contributed by atoms with Crippen LogP contribution in [-0.4, -0.2) is 83.1 Å². The number of aliphatic carboxylic acids is 3. The smallest absolute Gasteiger partial charge is 0.478 e. The summed E-state index contributed by atoms with van der Waals surface area (Å²) in [7, 11) is 0. The number of carbonyl (C=O) groups excluding carboxylic acids is 5. The van der Waals surface area contributed by atoms with Crippen molar-refractivity contribution in [3.63, 3.8) is 0 Å². The summed E-state index contributed by atoms with van der Waals surface area (Å²) < 4.78 is 23.3. The fourth-order valence-corrected chi connectivity index (χ4v) is 3.33. The van der Waals surface area contributed by atoms with Crippen LogP contribution in [0, 0.1) is 0 Å². The fourth-order valence-electron chi connectivity index (χ4n) is 3.33. The van der Waals surface area contributed by atoms with Gasteiger partial charge in [0.05, 0.1) is 19.8 Å². The second kappa shape index (κ2) is 43.9. The average Bonchev–Trinajstić information content (AvgIpc) is 3.28. The highest BCUT2D eigenvalue weighted by Crippen LogP contribution is 2.10. The van der Waals surface area contributed by atoms with E-state index < -0.39 is 30.0 Å². The third-order valence-electron chi connectivity index (χ3n) is 6.24. The molecule has 0 spiro atoms. The lowest BCUT2D eigenvalue weighted by Crippen LogP contribution is -2.16. The third-order valence-corrected chi connectivity index (χ3v) is 6.24. The molecule has 0 fully saturated rings.